The molecule has 0 heterocycles. The van der Waals surface area contributed by atoms with Crippen LogP contribution in [0.1, 0.15) is 43.2 Å². The first-order valence-electron chi connectivity index (χ1n) is 7.97. The van der Waals surface area contributed by atoms with Gasteiger partial charge in [-0.15, -0.1) is 0 Å². The minimum Gasteiger partial charge on any atom is -0.460 e. The van der Waals surface area contributed by atoms with Crippen LogP contribution in [0.3, 0.4) is 0 Å². The highest BCUT2D eigenvalue weighted by Crippen LogP contribution is 2.40. The highest BCUT2D eigenvalue weighted by atomic mass is 19.1. The Morgan fingerprint density at radius 1 is 1.30 bits per heavy atom. The molecular weight excluding hydrogens is 297 g/mol. The van der Waals surface area contributed by atoms with Gasteiger partial charge in [0.05, 0.1) is 17.6 Å². The molecule has 23 heavy (non-hydrogen) atoms. The number of ketones is 1. The number of rotatable bonds is 3. The van der Waals surface area contributed by atoms with Crippen LogP contribution < -0.4 is 0 Å². The monoisotopic (exact) mass is 315 g/mol. The average molecular weight is 315 g/mol. The molecular formula is C18H18FNO3. The van der Waals surface area contributed by atoms with E-state index in [0.29, 0.717) is 24.2 Å². The number of nitrogens with zero attached hydrogens (tertiary/aromatic N) is 1. The standard InChI is InChI=1S/C18H18FNO3/c19-16-5-4-11(9-20)6-15(16)10-23-18(22)14-7-12-2-1-3-13(8-14)17(12)21/h4-6,12-14H,1-3,7-8,10H2. The number of nitriles is 1. The second kappa shape index (κ2) is 6.49. The van der Waals surface area contributed by atoms with Gasteiger partial charge in [0.15, 0.2) is 0 Å². The topological polar surface area (TPSA) is 67.2 Å². The van der Waals surface area contributed by atoms with E-state index in [4.69, 9.17) is 10.00 Å². The molecule has 0 amide bonds. The summed E-state index contributed by atoms with van der Waals surface area (Å²) < 4.78 is 18.9. The van der Waals surface area contributed by atoms with Crippen molar-refractivity contribution in [3.8, 4) is 6.07 Å². The first-order valence-corrected chi connectivity index (χ1v) is 7.97. The van der Waals surface area contributed by atoms with E-state index >= 15 is 0 Å². The van der Waals surface area contributed by atoms with Crippen molar-refractivity contribution in [3.63, 3.8) is 0 Å². The summed E-state index contributed by atoms with van der Waals surface area (Å²) >= 11 is 0. The molecule has 5 heteroatoms. The van der Waals surface area contributed by atoms with Gasteiger partial charge in [0.2, 0.25) is 0 Å². The maximum atomic E-state index is 13.7. The Kier molecular flexibility index (Phi) is 4.42. The van der Waals surface area contributed by atoms with Gasteiger partial charge in [-0.1, -0.05) is 6.42 Å². The molecule has 2 aliphatic rings. The zero-order valence-electron chi connectivity index (χ0n) is 12.8. The molecule has 0 radical (unpaired) electrons. The minimum absolute atomic E-state index is 0.0151. The van der Waals surface area contributed by atoms with Gasteiger partial charge < -0.3 is 4.74 Å². The summed E-state index contributed by atoms with van der Waals surface area (Å²) in [6, 6.07) is 5.91. The Morgan fingerprint density at radius 2 is 2.00 bits per heavy atom. The van der Waals surface area contributed by atoms with Crippen molar-refractivity contribution in [2.24, 2.45) is 17.8 Å². The molecule has 0 N–H and O–H groups in total. The van der Waals surface area contributed by atoms with Crippen LogP contribution in [0.25, 0.3) is 0 Å². The van der Waals surface area contributed by atoms with Gasteiger partial charge in [-0.3, -0.25) is 9.59 Å². The zero-order chi connectivity index (χ0) is 16.4. The summed E-state index contributed by atoms with van der Waals surface area (Å²) in [5.41, 5.74) is 0.528. The van der Waals surface area contributed by atoms with Crippen LogP contribution in [-0.2, 0) is 20.9 Å². The molecule has 2 unspecified atom stereocenters. The van der Waals surface area contributed by atoms with Crippen molar-refractivity contribution in [2.45, 2.75) is 38.7 Å². The van der Waals surface area contributed by atoms with Gasteiger partial charge in [0.25, 0.3) is 0 Å². The van der Waals surface area contributed by atoms with Crippen molar-refractivity contribution in [1.82, 2.24) is 0 Å². The molecule has 2 fully saturated rings. The molecule has 0 spiro atoms. The first kappa shape index (κ1) is 15.7. The highest BCUT2D eigenvalue weighted by Gasteiger charge is 2.41. The number of hydrogen-bond donors (Lipinski definition) is 0. The molecule has 120 valence electrons. The molecule has 3 rings (SSSR count). The summed E-state index contributed by atoms with van der Waals surface area (Å²) in [5, 5.41) is 8.84. The lowest BCUT2D eigenvalue weighted by atomic mass is 9.67. The minimum atomic E-state index is -0.493. The molecule has 2 saturated carbocycles. The van der Waals surface area contributed by atoms with Crippen LogP contribution in [0.15, 0.2) is 18.2 Å². The van der Waals surface area contributed by atoms with Gasteiger partial charge in [0, 0.05) is 17.4 Å². The molecule has 2 aliphatic carbocycles. The van der Waals surface area contributed by atoms with Gasteiger partial charge in [0.1, 0.15) is 18.2 Å². The van der Waals surface area contributed by atoms with Crippen molar-refractivity contribution < 1.29 is 18.7 Å². The molecule has 0 aliphatic heterocycles. The predicted molar refractivity (Wildman–Crippen MR) is 79.5 cm³/mol. The fraction of sp³-hybridized carbons (Fsp3) is 0.500. The van der Waals surface area contributed by atoms with E-state index in [1.165, 1.54) is 18.2 Å². The Balaban J connectivity index is 1.62. The van der Waals surface area contributed by atoms with Crippen molar-refractivity contribution in [2.75, 3.05) is 0 Å². The number of carbonyl (C=O) groups excluding carboxylic acids is 2. The Bertz CT molecular complexity index is 663. The maximum Gasteiger partial charge on any atom is 0.309 e. The lowest BCUT2D eigenvalue weighted by Crippen LogP contribution is -2.39. The summed E-state index contributed by atoms with van der Waals surface area (Å²) in [4.78, 5) is 24.3. The zero-order valence-corrected chi connectivity index (χ0v) is 12.8. The van der Waals surface area contributed by atoms with E-state index in [-0.39, 0.29) is 35.9 Å². The van der Waals surface area contributed by atoms with E-state index < -0.39 is 5.82 Å². The SMILES string of the molecule is N#Cc1ccc(F)c(COC(=O)C2CC3CCCC(C2)C3=O)c1. The molecule has 0 saturated heterocycles. The third-order valence-electron chi connectivity index (χ3n) is 4.93. The fourth-order valence-corrected chi connectivity index (χ4v) is 3.69. The largest absolute Gasteiger partial charge is 0.460 e. The first-order chi connectivity index (χ1) is 11.1. The van der Waals surface area contributed by atoms with Crippen molar-refractivity contribution in [1.29, 1.82) is 5.26 Å². The smallest absolute Gasteiger partial charge is 0.309 e. The van der Waals surface area contributed by atoms with E-state index in [9.17, 15) is 14.0 Å². The quantitative estimate of drug-likeness (QED) is 0.804. The number of benzene rings is 1. The van der Waals surface area contributed by atoms with E-state index in [1.54, 1.807) is 0 Å². The number of Topliss-reactive ketones (excluding diaryl/α,β-unsaturated/α-hetero) is 1. The van der Waals surface area contributed by atoms with E-state index in [2.05, 4.69) is 0 Å². The summed E-state index contributed by atoms with van der Waals surface area (Å²) in [7, 11) is 0. The summed E-state index contributed by atoms with van der Waals surface area (Å²) in [5.74, 6) is -0.862. The number of fused-ring (bicyclic) bond motifs is 2. The van der Waals surface area contributed by atoms with Gasteiger partial charge in [-0.2, -0.15) is 5.26 Å². The third kappa shape index (κ3) is 3.26. The number of halogens is 1. The Hall–Kier alpha value is -2.22. The highest BCUT2D eigenvalue weighted by molar-refractivity contribution is 5.87. The molecule has 2 atom stereocenters. The van der Waals surface area contributed by atoms with Crippen LogP contribution in [0, 0.1) is 34.9 Å². The van der Waals surface area contributed by atoms with E-state index in [0.717, 1.165) is 19.3 Å². The normalized spacial score (nSPS) is 26.4. The second-order valence-electron chi connectivity index (χ2n) is 6.42. The van der Waals surface area contributed by atoms with Crippen LogP contribution in [0.5, 0.6) is 0 Å². The van der Waals surface area contributed by atoms with Crippen LogP contribution >= 0.6 is 0 Å². The van der Waals surface area contributed by atoms with Crippen LogP contribution in [0.2, 0.25) is 0 Å². The lowest BCUT2D eigenvalue weighted by molar-refractivity contribution is -0.154. The predicted octanol–water partition coefficient (Wildman–Crippen LogP) is 3.14. The number of carbonyl (C=O) groups is 2. The average Bonchev–Trinajstić information content (AvgIpc) is 2.53. The number of hydrogen-bond acceptors (Lipinski definition) is 4. The molecule has 1 aromatic rings. The summed E-state index contributed by atoms with van der Waals surface area (Å²) in [6.07, 6.45) is 3.87. The fourth-order valence-electron chi connectivity index (χ4n) is 3.69. The summed E-state index contributed by atoms with van der Waals surface area (Å²) in [6.45, 7) is -0.181. The van der Waals surface area contributed by atoms with Crippen LogP contribution in [-0.4, -0.2) is 11.8 Å². The van der Waals surface area contributed by atoms with E-state index in [1.807, 2.05) is 6.07 Å². The lowest BCUT2D eigenvalue weighted by Gasteiger charge is -2.36. The second-order valence-corrected chi connectivity index (χ2v) is 6.42. The Labute approximate surface area is 134 Å². The van der Waals surface area contributed by atoms with Gasteiger partial charge >= 0.3 is 5.97 Å². The molecule has 0 aromatic heterocycles. The number of esters is 1. The molecule has 4 nitrogen and oxygen atoms in total. The van der Waals surface area contributed by atoms with Gasteiger partial charge in [-0.05, 0) is 43.9 Å². The maximum absolute atomic E-state index is 13.7. The van der Waals surface area contributed by atoms with Crippen molar-refractivity contribution in [3.05, 3.63) is 35.1 Å². The third-order valence-corrected chi connectivity index (χ3v) is 4.93. The van der Waals surface area contributed by atoms with Gasteiger partial charge in [-0.25, -0.2) is 4.39 Å². The van der Waals surface area contributed by atoms with Crippen LogP contribution in [0.4, 0.5) is 4.39 Å². The Morgan fingerprint density at radius 3 is 2.65 bits per heavy atom. The molecule has 1 aromatic carbocycles. The number of ether oxygens (including phenoxy) is 1. The van der Waals surface area contributed by atoms with Crippen molar-refractivity contribution >= 4 is 11.8 Å². The molecule has 2 bridgehead atoms.